The van der Waals surface area contributed by atoms with E-state index in [1.54, 1.807) is 13.3 Å². The van der Waals surface area contributed by atoms with Crippen LogP contribution in [0.15, 0.2) is 59.1 Å². The van der Waals surface area contributed by atoms with Crippen molar-refractivity contribution < 1.29 is 9.15 Å². The van der Waals surface area contributed by atoms with E-state index in [2.05, 4.69) is 15.2 Å². The van der Waals surface area contributed by atoms with Gasteiger partial charge in [0, 0.05) is 37.0 Å². The first-order valence-electron chi connectivity index (χ1n) is 9.91. The van der Waals surface area contributed by atoms with Gasteiger partial charge in [0.25, 0.3) is 0 Å². The first-order chi connectivity index (χ1) is 14.6. The Morgan fingerprint density at radius 1 is 1.23 bits per heavy atom. The van der Waals surface area contributed by atoms with Gasteiger partial charge in [0.2, 0.25) is 0 Å². The molecule has 1 aromatic carbocycles. The summed E-state index contributed by atoms with van der Waals surface area (Å²) >= 11 is 11.9. The van der Waals surface area contributed by atoms with E-state index in [-0.39, 0.29) is 12.1 Å². The Morgan fingerprint density at radius 2 is 2.10 bits per heavy atom. The molecule has 2 aromatic heterocycles. The number of furan rings is 1. The average molecular weight is 442 g/mol. The number of methoxy groups -OCH3 is 1. The second-order valence-electron chi connectivity index (χ2n) is 7.33. The minimum Gasteiger partial charge on any atom is -0.459 e. The van der Waals surface area contributed by atoms with Gasteiger partial charge in [-0.05, 0) is 67.5 Å². The Labute approximate surface area is 187 Å². The van der Waals surface area contributed by atoms with Crippen molar-refractivity contribution in [3.8, 4) is 11.3 Å². The third kappa shape index (κ3) is 4.21. The third-order valence-electron chi connectivity index (χ3n) is 5.33. The number of hydrogen-bond donors (Lipinski definition) is 1. The van der Waals surface area contributed by atoms with Crippen LogP contribution in [0.5, 0.6) is 0 Å². The second kappa shape index (κ2) is 9.16. The monoisotopic (exact) mass is 441 g/mol. The summed E-state index contributed by atoms with van der Waals surface area (Å²) in [5.41, 5.74) is 3.03. The lowest BCUT2D eigenvalue weighted by Gasteiger charge is -2.26. The predicted molar refractivity (Wildman–Crippen MR) is 123 cm³/mol. The van der Waals surface area contributed by atoms with E-state index in [0.29, 0.717) is 16.7 Å². The van der Waals surface area contributed by atoms with Gasteiger partial charge in [-0.15, -0.1) is 0 Å². The summed E-state index contributed by atoms with van der Waals surface area (Å²) in [5.74, 6) is 1.63. The minimum atomic E-state index is -0.0995. The van der Waals surface area contributed by atoms with Crippen LogP contribution in [0.4, 0.5) is 0 Å². The lowest BCUT2D eigenvalue weighted by atomic mass is 10.0. The summed E-state index contributed by atoms with van der Waals surface area (Å²) in [6, 6.07) is 15.6. The van der Waals surface area contributed by atoms with Gasteiger partial charge in [-0.3, -0.25) is 4.98 Å². The zero-order valence-electron chi connectivity index (χ0n) is 17.0. The molecular formula is C23H24ClN3O2S. The third-order valence-corrected chi connectivity index (χ3v) is 5.92. The number of aromatic nitrogens is 1. The molecule has 0 radical (unpaired) electrons. The molecule has 156 valence electrons. The van der Waals surface area contributed by atoms with E-state index in [1.165, 1.54) is 0 Å². The maximum absolute atomic E-state index is 6.37. The van der Waals surface area contributed by atoms with Crippen molar-refractivity contribution in [2.75, 3.05) is 20.3 Å². The van der Waals surface area contributed by atoms with Gasteiger partial charge in [-0.1, -0.05) is 23.7 Å². The number of pyridine rings is 1. The highest BCUT2D eigenvalue weighted by atomic mass is 35.5. The molecule has 30 heavy (non-hydrogen) atoms. The van der Waals surface area contributed by atoms with Crippen LogP contribution >= 0.6 is 23.8 Å². The van der Waals surface area contributed by atoms with Gasteiger partial charge in [0.15, 0.2) is 5.11 Å². The average Bonchev–Trinajstić information content (AvgIpc) is 3.35. The van der Waals surface area contributed by atoms with Crippen LogP contribution in [0.2, 0.25) is 5.02 Å². The van der Waals surface area contributed by atoms with E-state index >= 15 is 0 Å². The number of nitrogens with zero attached hydrogens (tertiary/aromatic N) is 2. The molecule has 0 amide bonds. The van der Waals surface area contributed by atoms with Crippen molar-refractivity contribution in [3.63, 3.8) is 0 Å². The van der Waals surface area contributed by atoms with Gasteiger partial charge in [0.1, 0.15) is 17.6 Å². The number of benzene rings is 1. The lowest BCUT2D eigenvalue weighted by molar-refractivity contribution is 0.177. The SMILES string of the molecule is COCCCN1C(=S)N[C@H](c2ccccn2)[C@@H]1c1ccc(-c2cc(Cl)ccc2C)o1. The highest BCUT2D eigenvalue weighted by Gasteiger charge is 2.41. The highest BCUT2D eigenvalue weighted by Crippen LogP contribution is 2.41. The fraction of sp³-hybridized carbons (Fsp3) is 0.304. The van der Waals surface area contributed by atoms with Gasteiger partial charge in [-0.2, -0.15) is 0 Å². The van der Waals surface area contributed by atoms with Crippen LogP contribution in [-0.2, 0) is 4.74 Å². The van der Waals surface area contributed by atoms with Crippen LogP contribution in [0.25, 0.3) is 11.3 Å². The van der Waals surface area contributed by atoms with Crippen molar-refractivity contribution >= 4 is 28.9 Å². The van der Waals surface area contributed by atoms with Crippen molar-refractivity contribution in [2.24, 2.45) is 0 Å². The van der Waals surface area contributed by atoms with Gasteiger partial charge in [0.05, 0.1) is 11.7 Å². The highest BCUT2D eigenvalue weighted by molar-refractivity contribution is 7.80. The van der Waals surface area contributed by atoms with E-state index in [4.69, 9.17) is 33.0 Å². The molecule has 4 rings (SSSR count). The standard InChI is InChI=1S/C23H24ClN3O2S/c1-15-7-8-16(24)14-17(15)19-9-10-20(29-19)22-21(18-6-3-4-11-25-18)26-23(30)27(22)12-5-13-28-2/h3-4,6-11,14,21-22H,5,12-13H2,1-2H3,(H,26,30)/t21-,22+/m1/s1. The summed E-state index contributed by atoms with van der Waals surface area (Å²) < 4.78 is 11.6. The molecule has 3 aromatic rings. The Balaban J connectivity index is 1.71. The van der Waals surface area contributed by atoms with Gasteiger partial charge in [-0.25, -0.2) is 0 Å². The molecule has 0 unspecified atom stereocenters. The first-order valence-corrected chi connectivity index (χ1v) is 10.7. The van der Waals surface area contributed by atoms with Crippen molar-refractivity contribution in [2.45, 2.75) is 25.4 Å². The Kier molecular flexibility index (Phi) is 6.37. The summed E-state index contributed by atoms with van der Waals surface area (Å²) in [6.45, 7) is 3.49. The first kappa shape index (κ1) is 20.8. The number of nitrogens with one attached hydrogen (secondary N) is 1. The molecule has 0 spiro atoms. The largest absolute Gasteiger partial charge is 0.459 e. The normalized spacial score (nSPS) is 18.6. The summed E-state index contributed by atoms with van der Waals surface area (Å²) in [7, 11) is 1.71. The minimum absolute atomic E-state index is 0.0966. The Morgan fingerprint density at radius 3 is 2.87 bits per heavy atom. The van der Waals surface area contributed by atoms with E-state index in [9.17, 15) is 0 Å². The van der Waals surface area contributed by atoms with Crippen LogP contribution < -0.4 is 5.32 Å². The van der Waals surface area contributed by atoms with E-state index in [1.807, 2.05) is 55.5 Å². The van der Waals surface area contributed by atoms with E-state index in [0.717, 1.165) is 41.3 Å². The number of aryl methyl sites for hydroxylation is 1. The molecule has 0 bridgehead atoms. The number of rotatable bonds is 7. The topological polar surface area (TPSA) is 50.5 Å². The van der Waals surface area contributed by atoms with Crippen LogP contribution in [0.1, 0.15) is 35.5 Å². The molecule has 1 saturated heterocycles. The number of thiocarbonyl (C=S) groups is 1. The molecule has 0 aliphatic carbocycles. The number of hydrogen-bond acceptors (Lipinski definition) is 4. The summed E-state index contributed by atoms with van der Waals surface area (Å²) in [5, 5.41) is 4.82. The van der Waals surface area contributed by atoms with Crippen LogP contribution in [0.3, 0.4) is 0 Å². The van der Waals surface area contributed by atoms with Crippen molar-refractivity contribution in [1.29, 1.82) is 0 Å². The molecule has 1 aliphatic heterocycles. The number of ether oxygens (including phenoxy) is 1. The fourth-order valence-corrected chi connectivity index (χ4v) is 4.35. The molecule has 3 heterocycles. The maximum atomic E-state index is 6.37. The Bertz CT molecular complexity index is 1020. The quantitative estimate of drug-likeness (QED) is 0.396. The molecule has 7 heteroatoms. The van der Waals surface area contributed by atoms with E-state index < -0.39 is 0 Å². The number of halogens is 1. The lowest BCUT2D eigenvalue weighted by Crippen LogP contribution is -2.31. The molecule has 2 atom stereocenters. The van der Waals surface area contributed by atoms with Crippen LogP contribution in [-0.4, -0.2) is 35.3 Å². The zero-order valence-corrected chi connectivity index (χ0v) is 18.5. The van der Waals surface area contributed by atoms with Crippen LogP contribution in [0, 0.1) is 6.92 Å². The molecule has 1 fully saturated rings. The Hall–Kier alpha value is -2.41. The summed E-state index contributed by atoms with van der Waals surface area (Å²) in [6.07, 6.45) is 2.67. The second-order valence-corrected chi connectivity index (χ2v) is 8.15. The zero-order chi connectivity index (χ0) is 21.1. The van der Waals surface area contributed by atoms with Crippen molar-refractivity contribution in [1.82, 2.24) is 15.2 Å². The molecular weight excluding hydrogens is 418 g/mol. The van der Waals surface area contributed by atoms with Gasteiger partial charge >= 0.3 is 0 Å². The summed E-state index contributed by atoms with van der Waals surface area (Å²) in [4.78, 5) is 6.73. The molecule has 0 saturated carbocycles. The maximum Gasteiger partial charge on any atom is 0.170 e. The molecule has 1 aliphatic rings. The fourth-order valence-electron chi connectivity index (χ4n) is 3.85. The van der Waals surface area contributed by atoms with Crippen molar-refractivity contribution in [3.05, 3.63) is 76.8 Å². The molecule has 5 nitrogen and oxygen atoms in total. The predicted octanol–water partition coefficient (Wildman–Crippen LogP) is 5.31. The van der Waals surface area contributed by atoms with Gasteiger partial charge < -0.3 is 19.4 Å². The smallest absolute Gasteiger partial charge is 0.170 e. The molecule has 1 N–H and O–H groups in total.